The summed E-state index contributed by atoms with van der Waals surface area (Å²) in [5.74, 6) is 1.74. The highest BCUT2D eigenvalue weighted by molar-refractivity contribution is 5.24. The van der Waals surface area contributed by atoms with Gasteiger partial charge < -0.3 is 5.32 Å². The van der Waals surface area contributed by atoms with E-state index < -0.39 is 0 Å². The molecule has 0 fully saturated rings. The van der Waals surface area contributed by atoms with E-state index >= 15 is 0 Å². The highest BCUT2D eigenvalue weighted by Crippen LogP contribution is 2.35. The quantitative estimate of drug-likeness (QED) is 0.719. The van der Waals surface area contributed by atoms with E-state index in [4.69, 9.17) is 0 Å². The zero-order valence-electron chi connectivity index (χ0n) is 12.2. The van der Waals surface area contributed by atoms with Gasteiger partial charge in [0.1, 0.15) is 0 Å². The summed E-state index contributed by atoms with van der Waals surface area (Å²) in [6.07, 6.45) is 12.0. The smallest absolute Gasteiger partial charge is 0.0162 e. The van der Waals surface area contributed by atoms with Crippen LogP contribution >= 0.6 is 0 Å². The summed E-state index contributed by atoms with van der Waals surface area (Å²) in [6.45, 7) is 12.1. The van der Waals surface area contributed by atoms with Gasteiger partial charge in [-0.05, 0) is 38.1 Å². The first-order valence-electron chi connectivity index (χ1n) is 6.90. The molecular weight excluding hydrogens is 218 g/mol. The third kappa shape index (κ3) is 3.99. The van der Waals surface area contributed by atoms with Gasteiger partial charge in [0.05, 0.1) is 0 Å². The number of hydrogen-bond acceptors (Lipinski definition) is 1. The van der Waals surface area contributed by atoms with Gasteiger partial charge in [-0.15, -0.1) is 0 Å². The Bertz CT molecular complexity index is 358. The van der Waals surface area contributed by atoms with E-state index in [2.05, 4.69) is 63.0 Å². The summed E-state index contributed by atoms with van der Waals surface area (Å²) < 4.78 is 0. The molecule has 0 bridgehead atoms. The summed E-state index contributed by atoms with van der Waals surface area (Å²) in [7, 11) is 1.99. The molecule has 1 aliphatic rings. The molecule has 0 spiro atoms. The van der Waals surface area contributed by atoms with Gasteiger partial charge in [0, 0.05) is 6.54 Å². The van der Waals surface area contributed by atoms with Crippen LogP contribution in [0.15, 0.2) is 48.1 Å². The monoisotopic (exact) mass is 245 g/mol. The van der Waals surface area contributed by atoms with Crippen molar-refractivity contribution in [3.05, 3.63) is 48.1 Å². The SMILES string of the molecule is C=C(CNC)C(C(C)C)C1CC=C/C=C\C=C1C. The molecule has 1 heteroatoms. The minimum atomic E-state index is 0.546. The second kappa shape index (κ2) is 7.38. The first-order valence-corrected chi connectivity index (χ1v) is 6.90. The molecule has 0 saturated carbocycles. The van der Waals surface area contributed by atoms with Crippen LogP contribution in [0.3, 0.4) is 0 Å². The molecule has 0 amide bonds. The molecule has 0 aromatic rings. The predicted octanol–water partition coefficient (Wildman–Crippen LogP) is 4.11. The summed E-state index contributed by atoms with van der Waals surface area (Å²) >= 11 is 0. The highest BCUT2D eigenvalue weighted by atomic mass is 14.8. The van der Waals surface area contributed by atoms with Crippen molar-refractivity contribution >= 4 is 0 Å². The van der Waals surface area contributed by atoms with Crippen molar-refractivity contribution in [2.75, 3.05) is 13.6 Å². The Morgan fingerprint density at radius 3 is 2.72 bits per heavy atom. The molecule has 1 rings (SSSR count). The van der Waals surface area contributed by atoms with Crippen LogP contribution in [0, 0.1) is 17.8 Å². The van der Waals surface area contributed by atoms with Gasteiger partial charge in [-0.2, -0.15) is 0 Å². The van der Waals surface area contributed by atoms with Crippen molar-refractivity contribution in [3.63, 3.8) is 0 Å². The van der Waals surface area contributed by atoms with E-state index in [0.29, 0.717) is 17.8 Å². The molecule has 0 aromatic heterocycles. The van der Waals surface area contributed by atoms with Gasteiger partial charge in [0.2, 0.25) is 0 Å². The molecule has 2 unspecified atom stereocenters. The molecule has 18 heavy (non-hydrogen) atoms. The van der Waals surface area contributed by atoms with Crippen LogP contribution < -0.4 is 5.32 Å². The molecule has 1 N–H and O–H groups in total. The lowest BCUT2D eigenvalue weighted by Crippen LogP contribution is -2.27. The summed E-state index contributed by atoms with van der Waals surface area (Å²) in [4.78, 5) is 0. The number of allylic oxidation sites excluding steroid dienone is 6. The van der Waals surface area contributed by atoms with Gasteiger partial charge in [-0.1, -0.05) is 62.0 Å². The fraction of sp³-hybridized carbons (Fsp3) is 0.529. The summed E-state index contributed by atoms with van der Waals surface area (Å²) in [5, 5.41) is 3.23. The number of likely N-dealkylation sites (N-methyl/N-ethyl adjacent to an activating group) is 1. The average molecular weight is 245 g/mol. The second-order valence-corrected chi connectivity index (χ2v) is 5.52. The molecule has 0 aliphatic heterocycles. The molecule has 0 saturated heterocycles. The largest absolute Gasteiger partial charge is 0.316 e. The van der Waals surface area contributed by atoms with Crippen molar-refractivity contribution in [1.82, 2.24) is 5.32 Å². The number of hydrogen-bond donors (Lipinski definition) is 1. The zero-order valence-corrected chi connectivity index (χ0v) is 12.2. The van der Waals surface area contributed by atoms with Gasteiger partial charge in [-0.3, -0.25) is 0 Å². The Hall–Kier alpha value is -1.08. The Balaban J connectivity index is 2.96. The van der Waals surface area contributed by atoms with Crippen LogP contribution in [0.1, 0.15) is 27.2 Å². The van der Waals surface area contributed by atoms with Crippen molar-refractivity contribution in [2.45, 2.75) is 27.2 Å². The minimum absolute atomic E-state index is 0.546. The zero-order chi connectivity index (χ0) is 13.5. The first kappa shape index (κ1) is 15.0. The second-order valence-electron chi connectivity index (χ2n) is 5.52. The fourth-order valence-corrected chi connectivity index (χ4v) is 2.88. The lowest BCUT2D eigenvalue weighted by atomic mass is 9.73. The maximum absolute atomic E-state index is 4.30. The van der Waals surface area contributed by atoms with Crippen LogP contribution in [0.25, 0.3) is 0 Å². The molecule has 2 atom stereocenters. The van der Waals surface area contributed by atoms with E-state index in [9.17, 15) is 0 Å². The fourth-order valence-electron chi connectivity index (χ4n) is 2.88. The summed E-state index contributed by atoms with van der Waals surface area (Å²) in [6, 6.07) is 0. The molecule has 0 heterocycles. The lowest BCUT2D eigenvalue weighted by Gasteiger charge is -2.32. The predicted molar refractivity (Wildman–Crippen MR) is 81.5 cm³/mol. The van der Waals surface area contributed by atoms with Crippen LogP contribution in [-0.4, -0.2) is 13.6 Å². The van der Waals surface area contributed by atoms with Crippen molar-refractivity contribution in [3.8, 4) is 0 Å². The summed E-state index contributed by atoms with van der Waals surface area (Å²) in [5.41, 5.74) is 2.79. The highest BCUT2D eigenvalue weighted by Gasteiger charge is 2.27. The van der Waals surface area contributed by atoms with Gasteiger partial charge >= 0.3 is 0 Å². The van der Waals surface area contributed by atoms with E-state index in [0.717, 1.165) is 13.0 Å². The maximum Gasteiger partial charge on any atom is 0.0162 e. The van der Waals surface area contributed by atoms with Crippen molar-refractivity contribution in [2.24, 2.45) is 17.8 Å². The molecule has 100 valence electrons. The Morgan fingerprint density at radius 1 is 1.39 bits per heavy atom. The number of rotatable bonds is 5. The van der Waals surface area contributed by atoms with E-state index in [-0.39, 0.29) is 0 Å². The standard InChI is InChI=1S/C17H27N/c1-13(2)17(15(4)12-18-5)16-11-9-7-6-8-10-14(16)3/h6-10,13,16-18H,4,11-12H2,1-3,5H3/b8-6-,9-7?,14-10?. The van der Waals surface area contributed by atoms with E-state index in [1.165, 1.54) is 11.1 Å². The third-order valence-electron chi connectivity index (χ3n) is 3.72. The van der Waals surface area contributed by atoms with Crippen LogP contribution in [-0.2, 0) is 0 Å². The first-order chi connectivity index (χ1) is 8.57. The van der Waals surface area contributed by atoms with Gasteiger partial charge in [0.25, 0.3) is 0 Å². The minimum Gasteiger partial charge on any atom is -0.316 e. The van der Waals surface area contributed by atoms with Gasteiger partial charge in [0.15, 0.2) is 0 Å². The normalized spacial score (nSPS) is 23.2. The molecule has 0 aromatic carbocycles. The molecule has 1 aliphatic carbocycles. The molecular formula is C17H27N. The van der Waals surface area contributed by atoms with Crippen LogP contribution in [0.4, 0.5) is 0 Å². The molecule has 0 radical (unpaired) electrons. The Morgan fingerprint density at radius 2 is 2.11 bits per heavy atom. The maximum atomic E-state index is 4.30. The molecule has 1 nitrogen and oxygen atoms in total. The topological polar surface area (TPSA) is 12.0 Å². The van der Waals surface area contributed by atoms with Crippen molar-refractivity contribution < 1.29 is 0 Å². The lowest BCUT2D eigenvalue weighted by molar-refractivity contribution is 0.329. The number of nitrogens with one attached hydrogen (secondary N) is 1. The van der Waals surface area contributed by atoms with E-state index in [1.54, 1.807) is 0 Å². The van der Waals surface area contributed by atoms with Crippen LogP contribution in [0.5, 0.6) is 0 Å². The Labute approximate surface area is 112 Å². The van der Waals surface area contributed by atoms with E-state index in [1.807, 2.05) is 7.05 Å². The third-order valence-corrected chi connectivity index (χ3v) is 3.72. The average Bonchev–Trinajstić information content (AvgIpc) is 2.28. The van der Waals surface area contributed by atoms with Crippen LogP contribution in [0.2, 0.25) is 0 Å². The van der Waals surface area contributed by atoms with Crippen molar-refractivity contribution in [1.29, 1.82) is 0 Å². The Kier molecular flexibility index (Phi) is 6.14. The van der Waals surface area contributed by atoms with Gasteiger partial charge in [-0.25, -0.2) is 0 Å².